The summed E-state index contributed by atoms with van der Waals surface area (Å²) >= 11 is 0. The van der Waals surface area contributed by atoms with Crippen LogP contribution < -0.4 is 20.1 Å². The topological polar surface area (TPSA) is 267 Å². The molecule has 4 aromatic rings. The van der Waals surface area contributed by atoms with Crippen molar-refractivity contribution in [3.05, 3.63) is 120 Å². The highest BCUT2D eigenvalue weighted by Gasteiger charge is 2.35. The van der Waals surface area contributed by atoms with Crippen molar-refractivity contribution in [2.45, 2.75) is 138 Å². The molecule has 0 bridgehead atoms. The number of ether oxygens (including phenoxy) is 5. The van der Waals surface area contributed by atoms with Crippen molar-refractivity contribution in [2.75, 3.05) is 53.6 Å². The van der Waals surface area contributed by atoms with Crippen molar-refractivity contribution >= 4 is 32.2 Å². The molecule has 432 valence electrons. The van der Waals surface area contributed by atoms with E-state index < -0.39 is 62.1 Å². The number of methoxy groups -OCH3 is 2. The molecule has 2 amide bonds. The van der Waals surface area contributed by atoms with E-state index in [0.29, 0.717) is 69.7 Å². The van der Waals surface area contributed by atoms with Crippen molar-refractivity contribution in [1.29, 1.82) is 10.5 Å². The molecule has 79 heavy (non-hydrogen) atoms. The minimum atomic E-state index is -4.03. The smallest absolute Gasteiger partial charge is 0.407 e. The summed E-state index contributed by atoms with van der Waals surface area (Å²) in [6.07, 6.45) is -0.170. The Morgan fingerprint density at radius 1 is 0.658 bits per heavy atom. The Labute approximate surface area is 467 Å². The maximum Gasteiger partial charge on any atom is 0.407 e. The first-order chi connectivity index (χ1) is 37.6. The van der Waals surface area contributed by atoms with Crippen LogP contribution in [0.4, 0.5) is 9.59 Å². The van der Waals surface area contributed by atoms with Gasteiger partial charge in [-0.3, -0.25) is 0 Å². The number of benzene rings is 4. The van der Waals surface area contributed by atoms with Gasteiger partial charge in [-0.1, -0.05) is 87.4 Å². The quantitative estimate of drug-likeness (QED) is 0.0401. The summed E-state index contributed by atoms with van der Waals surface area (Å²) in [5.74, 6) is 0.860. The maximum atomic E-state index is 13.8. The minimum absolute atomic E-state index is 0.0591. The molecule has 0 saturated carbocycles. The van der Waals surface area contributed by atoms with Crippen LogP contribution in [-0.2, 0) is 47.1 Å². The number of nitriles is 2. The molecule has 4 aromatic carbocycles. The predicted molar refractivity (Wildman–Crippen MR) is 299 cm³/mol. The molecule has 1 aliphatic heterocycles. The number of rotatable bonds is 29. The summed E-state index contributed by atoms with van der Waals surface area (Å²) in [5.41, 5.74) is 0.981. The maximum absolute atomic E-state index is 13.8. The Kier molecular flexibility index (Phi) is 27.0. The van der Waals surface area contributed by atoms with E-state index in [0.717, 1.165) is 11.1 Å². The van der Waals surface area contributed by atoms with Gasteiger partial charge < -0.3 is 44.5 Å². The van der Waals surface area contributed by atoms with E-state index in [-0.39, 0.29) is 66.8 Å². The third kappa shape index (κ3) is 22.0. The van der Waals surface area contributed by atoms with Crippen LogP contribution in [0.15, 0.2) is 119 Å². The predicted octanol–water partition coefficient (Wildman–Crippen LogP) is 8.02. The van der Waals surface area contributed by atoms with E-state index in [1.165, 1.54) is 47.1 Å². The van der Waals surface area contributed by atoms with Gasteiger partial charge in [-0.2, -0.15) is 19.1 Å². The molecule has 1 fully saturated rings. The average Bonchev–Trinajstić information content (AvgIpc) is 3.95. The van der Waals surface area contributed by atoms with Crippen molar-refractivity contribution in [1.82, 2.24) is 19.2 Å². The lowest BCUT2D eigenvalue weighted by Gasteiger charge is -2.32. The molecule has 19 nitrogen and oxygen atoms in total. The SMILES string of the molecule is CCC(CCC#N)CN(CC(O)[C@H](Cc1ccccc1)NC(=O)OC(C)(C)C)S(=O)(=O)c1ccc(OC)cc1.CCC(CCC#N)CN(CC(O)[C@H](Cc1ccccc1)NC(=O)OC1CCOC1)S(=O)(=O)c1ccc(OC)cc1. The third-order valence-corrected chi connectivity index (χ3v) is 17.0. The fourth-order valence-electron chi connectivity index (χ4n) is 8.67. The highest BCUT2D eigenvalue weighted by molar-refractivity contribution is 7.89. The van der Waals surface area contributed by atoms with Gasteiger partial charge in [-0.05, 0) is 118 Å². The summed E-state index contributed by atoms with van der Waals surface area (Å²) in [7, 11) is -5.06. The van der Waals surface area contributed by atoms with Gasteiger partial charge >= 0.3 is 12.2 Å². The Balaban J connectivity index is 0.000000341. The minimum Gasteiger partial charge on any atom is -0.497 e. The van der Waals surface area contributed by atoms with Gasteiger partial charge in [0.25, 0.3) is 0 Å². The van der Waals surface area contributed by atoms with Gasteiger partial charge in [-0.25, -0.2) is 26.4 Å². The molecular weight excluding hydrogens is 1050 g/mol. The van der Waals surface area contributed by atoms with E-state index in [1.807, 2.05) is 74.5 Å². The number of hydrogen-bond donors (Lipinski definition) is 4. The Morgan fingerprint density at radius 2 is 1.06 bits per heavy atom. The van der Waals surface area contributed by atoms with Crippen LogP contribution in [0, 0.1) is 34.5 Å². The van der Waals surface area contributed by atoms with E-state index in [1.54, 1.807) is 45.0 Å². The standard InChI is InChI=1S/C29H39N3O7S.C29H41N3O6S/c1-3-22(10-7-16-30)19-32(40(35,36)26-13-11-24(37-2)12-14-26)20-28(33)27(18-23-8-5-4-6-9-23)31-29(34)39-25-15-17-38-21-25;1-6-22(13-10-18-30)20-32(39(35,36)25-16-14-24(37-5)15-17-25)21-27(33)26(19-23-11-8-7-9-12-23)31-28(34)38-29(2,3)4/h4-6,8-9,11-14,22,25,27-28,33H,3,7,10,15,17-21H2,1-2H3,(H,31,34);7-9,11-12,14-17,22,26-27,33H,6,10,13,19-21H2,1-5H3,(H,31,34)/t22?,25?,27-,28?;22?,26-,27?/m00/s1. The van der Waals surface area contributed by atoms with Crippen LogP contribution >= 0.6 is 0 Å². The number of nitrogens with zero attached hydrogens (tertiary/aromatic N) is 4. The third-order valence-electron chi connectivity index (χ3n) is 13.3. The lowest BCUT2D eigenvalue weighted by Crippen LogP contribution is -2.52. The van der Waals surface area contributed by atoms with Gasteiger partial charge in [0.05, 0.1) is 73.7 Å². The number of alkyl carbamates (subject to hydrolysis) is 2. The molecule has 7 atom stereocenters. The molecule has 21 heteroatoms. The molecule has 4 N–H and O–H groups in total. The molecule has 5 unspecified atom stereocenters. The normalized spacial score (nSPS) is 15.9. The van der Waals surface area contributed by atoms with Crippen LogP contribution in [-0.4, -0.2) is 137 Å². The molecule has 0 aromatic heterocycles. The van der Waals surface area contributed by atoms with E-state index in [4.69, 9.17) is 34.2 Å². The molecular formula is C58H80N6O13S2. The fourth-order valence-corrected chi connectivity index (χ4v) is 11.7. The van der Waals surface area contributed by atoms with Crippen molar-refractivity contribution in [2.24, 2.45) is 11.8 Å². The Hall–Kier alpha value is -6.30. The van der Waals surface area contributed by atoms with Gasteiger partial charge in [0, 0.05) is 45.4 Å². The van der Waals surface area contributed by atoms with Gasteiger partial charge in [0.1, 0.15) is 23.2 Å². The number of aliphatic hydroxyl groups is 2. The summed E-state index contributed by atoms with van der Waals surface area (Å²) in [6, 6.07) is 33.4. The summed E-state index contributed by atoms with van der Waals surface area (Å²) in [4.78, 5) is 25.5. The summed E-state index contributed by atoms with van der Waals surface area (Å²) < 4.78 is 84.1. The summed E-state index contributed by atoms with van der Waals surface area (Å²) in [5, 5.41) is 46.5. The lowest BCUT2D eigenvalue weighted by molar-refractivity contribution is 0.0398. The second kappa shape index (κ2) is 32.7. The lowest BCUT2D eigenvalue weighted by atomic mass is 9.99. The first kappa shape index (κ1) is 65.2. The number of aliphatic hydroxyl groups excluding tert-OH is 2. The zero-order valence-corrected chi connectivity index (χ0v) is 48.2. The first-order valence-corrected chi connectivity index (χ1v) is 29.5. The number of hydrogen-bond acceptors (Lipinski definition) is 15. The van der Waals surface area contributed by atoms with Gasteiger partial charge in [0.2, 0.25) is 20.0 Å². The van der Waals surface area contributed by atoms with E-state index >= 15 is 0 Å². The second-order valence-electron chi connectivity index (χ2n) is 20.3. The summed E-state index contributed by atoms with van der Waals surface area (Å²) in [6.45, 7) is 9.65. The molecule has 0 aliphatic carbocycles. The highest BCUT2D eigenvalue weighted by atomic mass is 32.2. The number of carbonyl (C=O) groups excluding carboxylic acids is 2. The number of carbonyl (C=O) groups is 2. The van der Waals surface area contributed by atoms with E-state index in [2.05, 4.69) is 22.8 Å². The number of amides is 2. The molecule has 1 heterocycles. The number of sulfonamides is 2. The second-order valence-corrected chi connectivity index (χ2v) is 24.2. The van der Waals surface area contributed by atoms with Gasteiger partial charge in [0.15, 0.2) is 0 Å². The highest BCUT2D eigenvalue weighted by Crippen LogP contribution is 2.26. The zero-order valence-electron chi connectivity index (χ0n) is 46.5. The van der Waals surface area contributed by atoms with Crippen LogP contribution in [0.3, 0.4) is 0 Å². The van der Waals surface area contributed by atoms with Crippen LogP contribution in [0.5, 0.6) is 11.5 Å². The van der Waals surface area contributed by atoms with Crippen molar-refractivity contribution < 1.29 is 60.3 Å². The van der Waals surface area contributed by atoms with Crippen LogP contribution in [0.1, 0.15) is 90.7 Å². The Morgan fingerprint density at radius 3 is 1.41 bits per heavy atom. The zero-order chi connectivity index (χ0) is 58.0. The molecule has 1 saturated heterocycles. The molecule has 1 aliphatic rings. The Bertz CT molecular complexity index is 2750. The molecule has 0 spiro atoms. The average molecular weight is 1130 g/mol. The molecule has 0 radical (unpaired) electrons. The van der Waals surface area contributed by atoms with Gasteiger partial charge in [-0.15, -0.1) is 0 Å². The van der Waals surface area contributed by atoms with Crippen LogP contribution in [0.2, 0.25) is 0 Å². The largest absolute Gasteiger partial charge is 0.497 e. The van der Waals surface area contributed by atoms with Crippen LogP contribution in [0.25, 0.3) is 0 Å². The van der Waals surface area contributed by atoms with Crippen molar-refractivity contribution in [3.63, 3.8) is 0 Å². The van der Waals surface area contributed by atoms with Crippen molar-refractivity contribution in [3.8, 4) is 23.6 Å². The van der Waals surface area contributed by atoms with E-state index in [9.17, 15) is 36.6 Å². The fraction of sp³-hybridized carbons (Fsp3) is 0.517. The monoisotopic (exact) mass is 1130 g/mol. The molecule has 5 rings (SSSR count). The number of nitrogens with one attached hydrogen (secondary N) is 2. The first-order valence-electron chi connectivity index (χ1n) is 26.7.